The second-order valence-corrected chi connectivity index (χ2v) is 6.06. The summed E-state index contributed by atoms with van der Waals surface area (Å²) < 4.78 is 12.5. The number of hydrogen-bond acceptors (Lipinski definition) is 4. The zero-order valence-corrected chi connectivity index (χ0v) is 13.9. The molecule has 1 saturated heterocycles. The van der Waals surface area contributed by atoms with Crippen molar-refractivity contribution in [3.05, 3.63) is 28.2 Å². The van der Waals surface area contributed by atoms with Crippen molar-refractivity contribution in [1.29, 1.82) is 0 Å². The Labute approximate surface area is 133 Å². The van der Waals surface area contributed by atoms with Crippen LogP contribution >= 0.6 is 28.1 Å². The summed E-state index contributed by atoms with van der Waals surface area (Å²) in [4.78, 5) is 2.69. The van der Waals surface area contributed by atoms with E-state index in [0.717, 1.165) is 36.3 Å². The fourth-order valence-corrected chi connectivity index (χ4v) is 2.69. The van der Waals surface area contributed by atoms with Gasteiger partial charge in [0.15, 0.2) is 0 Å². The number of ether oxygens (including phenoxy) is 2. The first kappa shape index (κ1) is 15.7. The second-order valence-electron chi connectivity index (χ2n) is 4.70. The van der Waals surface area contributed by atoms with Crippen molar-refractivity contribution >= 4 is 33.1 Å². The van der Waals surface area contributed by atoms with Crippen LogP contribution in [0.25, 0.3) is 0 Å². The van der Waals surface area contributed by atoms with Gasteiger partial charge >= 0.3 is 0 Å². The summed E-state index contributed by atoms with van der Waals surface area (Å²) in [6.07, 6.45) is 0.0894. The lowest BCUT2D eigenvalue weighted by Gasteiger charge is -2.32. The summed E-state index contributed by atoms with van der Waals surface area (Å²) >= 11 is 8.46. The van der Waals surface area contributed by atoms with Crippen LogP contribution in [0.15, 0.2) is 22.7 Å². The molecule has 6 heteroatoms. The van der Waals surface area contributed by atoms with Crippen LogP contribution in [0, 0.1) is 0 Å². The highest BCUT2D eigenvalue weighted by Crippen LogP contribution is 2.23. The second kappa shape index (κ2) is 7.36. The van der Waals surface area contributed by atoms with Crippen LogP contribution in [0.2, 0.25) is 0 Å². The topological polar surface area (TPSA) is 47.7 Å². The lowest BCUT2D eigenvalue weighted by Crippen LogP contribution is -2.44. The molecule has 1 heterocycles. The summed E-state index contributed by atoms with van der Waals surface area (Å²) in [5.41, 5.74) is 6.47. The van der Waals surface area contributed by atoms with E-state index in [4.69, 9.17) is 27.4 Å². The Morgan fingerprint density at radius 2 is 2.40 bits per heavy atom. The Hall–Kier alpha value is -0.690. The molecule has 1 aliphatic heterocycles. The maximum Gasteiger partial charge on any atom is 0.129 e. The van der Waals surface area contributed by atoms with Gasteiger partial charge in [-0.25, -0.2) is 0 Å². The first-order chi connectivity index (χ1) is 9.60. The fourth-order valence-electron chi connectivity index (χ4n) is 2.17. The zero-order valence-electron chi connectivity index (χ0n) is 11.5. The van der Waals surface area contributed by atoms with Crippen LogP contribution in [-0.2, 0) is 4.74 Å². The maximum absolute atomic E-state index is 5.85. The summed E-state index contributed by atoms with van der Waals surface area (Å²) in [6.45, 7) is 6.34. The molecular weight excluding hydrogens is 340 g/mol. The van der Waals surface area contributed by atoms with Crippen molar-refractivity contribution in [2.75, 3.05) is 32.8 Å². The highest BCUT2D eigenvalue weighted by molar-refractivity contribution is 9.10. The summed E-state index contributed by atoms with van der Waals surface area (Å²) in [6, 6.07) is 5.66. The standard InChI is InChI=1S/C14H19BrN2O2S/c1-2-17-5-6-18-11(8-17)9-19-13-4-3-10(15)7-12(13)14(16)20/h3-4,7,11H,2,5-6,8-9H2,1H3,(H2,16,20). The third-order valence-electron chi connectivity index (χ3n) is 3.30. The lowest BCUT2D eigenvalue weighted by atomic mass is 10.2. The van der Waals surface area contributed by atoms with Crippen LogP contribution in [0.5, 0.6) is 5.75 Å². The van der Waals surface area contributed by atoms with Gasteiger partial charge in [0.05, 0.1) is 12.2 Å². The van der Waals surface area contributed by atoms with E-state index in [9.17, 15) is 0 Å². The van der Waals surface area contributed by atoms with Gasteiger partial charge in [-0.2, -0.15) is 0 Å². The first-order valence-corrected chi connectivity index (χ1v) is 7.86. The number of hydrogen-bond donors (Lipinski definition) is 1. The van der Waals surface area contributed by atoms with Gasteiger partial charge in [0.1, 0.15) is 23.4 Å². The van der Waals surface area contributed by atoms with Crippen LogP contribution in [0.3, 0.4) is 0 Å². The Bertz CT molecular complexity index is 484. The number of thiocarbonyl (C=S) groups is 1. The summed E-state index contributed by atoms with van der Waals surface area (Å²) in [5, 5.41) is 0. The minimum absolute atomic E-state index is 0.0894. The molecule has 0 saturated carbocycles. The lowest BCUT2D eigenvalue weighted by molar-refractivity contribution is -0.0464. The quantitative estimate of drug-likeness (QED) is 0.817. The third-order valence-corrected chi connectivity index (χ3v) is 4.02. The summed E-state index contributed by atoms with van der Waals surface area (Å²) in [7, 11) is 0. The fraction of sp³-hybridized carbons (Fsp3) is 0.500. The molecule has 110 valence electrons. The average Bonchev–Trinajstić information content (AvgIpc) is 2.46. The minimum atomic E-state index is 0.0894. The Kier molecular flexibility index (Phi) is 5.77. The van der Waals surface area contributed by atoms with Gasteiger partial charge in [-0.1, -0.05) is 35.1 Å². The van der Waals surface area contributed by atoms with E-state index >= 15 is 0 Å². The van der Waals surface area contributed by atoms with Crippen LogP contribution in [-0.4, -0.2) is 48.8 Å². The predicted molar refractivity (Wildman–Crippen MR) is 87.4 cm³/mol. The highest BCUT2D eigenvalue weighted by atomic mass is 79.9. The van der Waals surface area contributed by atoms with E-state index < -0.39 is 0 Å². The summed E-state index contributed by atoms with van der Waals surface area (Å²) in [5.74, 6) is 0.706. The van der Waals surface area contributed by atoms with Gasteiger partial charge < -0.3 is 15.2 Å². The Morgan fingerprint density at radius 3 is 3.10 bits per heavy atom. The van der Waals surface area contributed by atoms with Crippen molar-refractivity contribution in [2.45, 2.75) is 13.0 Å². The van der Waals surface area contributed by atoms with Crippen molar-refractivity contribution in [2.24, 2.45) is 5.73 Å². The van der Waals surface area contributed by atoms with Crippen molar-refractivity contribution in [3.63, 3.8) is 0 Å². The zero-order chi connectivity index (χ0) is 14.5. The number of benzene rings is 1. The molecule has 20 heavy (non-hydrogen) atoms. The molecule has 1 aromatic carbocycles. The van der Waals surface area contributed by atoms with Crippen molar-refractivity contribution < 1.29 is 9.47 Å². The third kappa shape index (κ3) is 4.15. The van der Waals surface area contributed by atoms with Gasteiger partial charge in [0, 0.05) is 17.6 Å². The van der Waals surface area contributed by atoms with Crippen LogP contribution in [0.1, 0.15) is 12.5 Å². The van der Waals surface area contributed by atoms with E-state index in [1.54, 1.807) is 0 Å². The number of nitrogens with two attached hydrogens (primary N) is 1. The molecule has 0 aliphatic carbocycles. The van der Waals surface area contributed by atoms with Gasteiger partial charge in [0.2, 0.25) is 0 Å². The Balaban J connectivity index is 1.98. The molecule has 0 amide bonds. The minimum Gasteiger partial charge on any atom is -0.490 e. The van der Waals surface area contributed by atoms with Crippen LogP contribution in [0.4, 0.5) is 0 Å². The van der Waals surface area contributed by atoms with Crippen LogP contribution < -0.4 is 10.5 Å². The number of likely N-dealkylation sites (N-methyl/N-ethyl adjacent to an activating group) is 1. The molecule has 0 spiro atoms. The molecule has 0 bridgehead atoms. The van der Waals surface area contributed by atoms with Crippen molar-refractivity contribution in [1.82, 2.24) is 4.90 Å². The van der Waals surface area contributed by atoms with E-state index in [0.29, 0.717) is 17.3 Å². The first-order valence-electron chi connectivity index (χ1n) is 6.66. The molecule has 4 nitrogen and oxygen atoms in total. The maximum atomic E-state index is 5.85. The molecule has 1 atom stereocenters. The largest absolute Gasteiger partial charge is 0.490 e. The molecule has 2 rings (SSSR count). The molecule has 1 aromatic rings. The monoisotopic (exact) mass is 358 g/mol. The number of morpholine rings is 1. The van der Waals surface area contributed by atoms with Gasteiger partial charge in [0.25, 0.3) is 0 Å². The molecule has 2 N–H and O–H groups in total. The van der Waals surface area contributed by atoms with E-state index in [-0.39, 0.29) is 6.10 Å². The number of rotatable bonds is 5. The molecule has 0 aromatic heterocycles. The molecule has 1 unspecified atom stereocenters. The predicted octanol–water partition coefficient (Wildman–Crippen LogP) is 2.18. The Morgan fingerprint density at radius 1 is 1.60 bits per heavy atom. The van der Waals surface area contributed by atoms with E-state index in [1.165, 1.54) is 0 Å². The normalized spacial score (nSPS) is 19.8. The van der Waals surface area contributed by atoms with E-state index in [1.807, 2.05) is 18.2 Å². The average molecular weight is 359 g/mol. The molecule has 1 fully saturated rings. The van der Waals surface area contributed by atoms with Gasteiger partial charge in [-0.05, 0) is 24.7 Å². The number of nitrogens with zero attached hydrogens (tertiary/aromatic N) is 1. The van der Waals surface area contributed by atoms with Gasteiger partial charge in [-0.15, -0.1) is 0 Å². The van der Waals surface area contributed by atoms with Gasteiger partial charge in [-0.3, -0.25) is 4.90 Å². The molecule has 0 radical (unpaired) electrons. The smallest absolute Gasteiger partial charge is 0.129 e. The van der Waals surface area contributed by atoms with E-state index in [2.05, 4.69) is 27.8 Å². The highest BCUT2D eigenvalue weighted by Gasteiger charge is 2.20. The molecular formula is C14H19BrN2O2S. The SMILES string of the molecule is CCN1CCOC(COc2ccc(Br)cc2C(N)=S)C1. The molecule has 1 aliphatic rings. The number of halogens is 1. The van der Waals surface area contributed by atoms with Crippen molar-refractivity contribution in [3.8, 4) is 5.75 Å².